The van der Waals surface area contributed by atoms with Crippen molar-refractivity contribution in [3.8, 4) is 0 Å². The Morgan fingerprint density at radius 2 is 1.58 bits per heavy atom. The molecule has 1 N–H and O–H groups in total. The van der Waals surface area contributed by atoms with E-state index < -0.39 is 34.4 Å². The van der Waals surface area contributed by atoms with Gasteiger partial charge in [-0.2, -0.15) is 0 Å². The first-order valence-electron chi connectivity index (χ1n) is 11.6. The first-order chi connectivity index (χ1) is 17.9. The summed E-state index contributed by atoms with van der Waals surface area (Å²) >= 11 is 18.6. The predicted molar refractivity (Wildman–Crippen MR) is 153 cm³/mol. The van der Waals surface area contributed by atoms with Crippen LogP contribution in [0.4, 0.5) is 5.69 Å². The highest BCUT2D eigenvalue weighted by molar-refractivity contribution is 7.92. The predicted octanol–water partition coefficient (Wildman–Crippen LogP) is 5.11. The molecule has 0 fully saturated rings. The van der Waals surface area contributed by atoms with Crippen LogP contribution in [0.2, 0.25) is 15.1 Å². The van der Waals surface area contributed by atoms with E-state index >= 15 is 0 Å². The molecule has 0 radical (unpaired) electrons. The van der Waals surface area contributed by atoms with Gasteiger partial charge in [-0.1, -0.05) is 71.2 Å². The molecule has 0 aromatic heterocycles. The lowest BCUT2D eigenvalue weighted by molar-refractivity contribution is -0.139. The Kier molecular flexibility index (Phi) is 10.1. The number of anilines is 1. The summed E-state index contributed by atoms with van der Waals surface area (Å²) in [5, 5.41) is 3.81. The number of aryl methyl sites for hydroxylation is 1. The van der Waals surface area contributed by atoms with E-state index in [9.17, 15) is 18.0 Å². The van der Waals surface area contributed by atoms with Crippen molar-refractivity contribution >= 4 is 62.3 Å². The van der Waals surface area contributed by atoms with E-state index in [-0.39, 0.29) is 13.0 Å². The van der Waals surface area contributed by atoms with E-state index in [0.717, 1.165) is 16.1 Å². The van der Waals surface area contributed by atoms with Crippen molar-refractivity contribution in [2.45, 2.75) is 25.9 Å². The van der Waals surface area contributed by atoms with Gasteiger partial charge >= 0.3 is 0 Å². The van der Waals surface area contributed by atoms with E-state index in [1.807, 2.05) is 30.3 Å². The average molecular weight is 597 g/mol. The number of carbonyl (C=O) groups excluding carboxylic acids is 2. The Labute approximate surface area is 238 Å². The van der Waals surface area contributed by atoms with Crippen molar-refractivity contribution in [1.82, 2.24) is 10.2 Å². The molecule has 3 aromatic rings. The number of sulfonamides is 1. The summed E-state index contributed by atoms with van der Waals surface area (Å²) < 4.78 is 26.7. The molecule has 0 unspecified atom stereocenters. The highest BCUT2D eigenvalue weighted by Crippen LogP contribution is 2.27. The van der Waals surface area contributed by atoms with Crippen LogP contribution in [0, 0.1) is 6.92 Å². The number of likely N-dealkylation sites (N-methyl/N-ethyl adjacent to an activating group) is 1. The van der Waals surface area contributed by atoms with Gasteiger partial charge in [-0.05, 0) is 53.9 Å². The van der Waals surface area contributed by atoms with Crippen molar-refractivity contribution in [2.24, 2.45) is 0 Å². The van der Waals surface area contributed by atoms with Crippen molar-refractivity contribution in [3.63, 3.8) is 0 Å². The lowest BCUT2D eigenvalue weighted by Gasteiger charge is -2.33. The SMILES string of the molecule is CNC(=O)[C@H](Cc1ccccc1)N(Cc1ccc(Cl)cc1Cl)C(=O)CN(c1ccc(Cl)cc1C)S(C)(=O)=O. The normalized spacial score (nSPS) is 12.1. The average Bonchev–Trinajstić information content (AvgIpc) is 2.85. The first kappa shape index (κ1) is 29.8. The number of hydrogen-bond acceptors (Lipinski definition) is 4. The largest absolute Gasteiger partial charge is 0.357 e. The van der Waals surface area contributed by atoms with Crippen LogP contribution in [0.5, 0.6) is 0 Å². The molecular weight excluding hydrogens is 569 g/mol. The van der Waals surface area contributed by atoms with Gasteiger partial charge in [-0.15, -0.1) is 0 Å². The lowest BCUT2D eigenvalue weighted by Crippen LogP contribution is -2.53. The summed E-state index contributed by atoms with van der Waals surface area (Å²) in [5.74, 6) is -0.985. The van der Waals surface area contributed by atoms with Gasteiger partial charge in [0.15, 0.2) is 0 Å². The summed E-state index contributed by atoms with van der Waals surface area (Å²) in [5.41, 5.74) is 2.28. The smallest absolute Gasteiger partial charge is 0.244 e. The lowest BCUT2D eigenvalue weighted by atomic mass is 10.0. The third-order valence-electron chi connectivity index (χ3n) is 5.98. The molecule has 38 heavy (non-hydrogen) atoms. The Balaban J connectivity index is 2.07. The van der Waals surface area contributed by atoms with Gasteiger partial charge in [0.2, 0.25) is 21.8 Å². The summed E-state index contributed by atoms with van der Waals surface area (Å²) in [7, 11) is -2.40. The summed E-state index contributed by atoms with van der Waals surface area (Å²) in [4.78, 5) is 28.4. The maximum Gasteiger partial charge on any atom is 0.244 e. The maximum absolute atomic E-state index is 13.9. The molecule has 0 aliphatic rings. The third kappa shape index (κ3) is 7.63. The van der Waals surface area contributed by atoms with E-state index in [1.54, 1.807) is 43.3 Å². The molecule has 0 bridgehead atoms. The quantitative estimate of drug-likeness (QED) is 0.353. The number of nitrogens with zero attached hydrogens (tertiary/aromatic N) is 2. The molecule has 3 rings (SSSR count). The second-order valence-corrected chi connectivity index (χ2v) is 12.0. The van der Waals surface area contributed by atoms with Crippen LogP contribution in [0.25, 0.3) is 0 Å². The number of hydrogen-bond donors (Lipinski definition) is 1. The van der Waals surface area contributed by atoms with E-state index in [4.69, 9.17) is 34.8 Å². The van der Waals surface area contributed by atoms with Crippen LogP contribution in [0.15, 0.2) is 66.7 Å². The highest BCUT2D eigenvalue weighted by atomic mass is 35.5. The van der Waals surface area contributed by atoms with Crippen molar-refractivity contribution in [2.75, 3.05) is 24.2 Å². The van der Waals surface area contributed by atoms with Crippen molar-refractivity contribution in [1.29, 1.82) is 0 Å². The minimum Gasteiger partial charge on any atom is -0.357 e. The first-order valence-corrected chi connectivity index (χ1v) is 14.6. The second kappa shape index (κ2) is 12.8. The van der Waals surface area contributed by atoms with Gasteiger partial charge in [0.1, 0.15) is 12.6 Å². The number of halogens is 3. The molecule has 7 nitrogen and oxygen atoms in total. The summed E-state index contributed by atoms with van der Waals surface area (Å²) in [6, 6.07) is 17.9. The molecule has 0 aliphatic carbocycles. The molecule has 0 saturated heterocycles. The van der Waals surface area contributed by atoms with Crippen molar-refractivity contribution in [3.05, 3.63) is 98.5 Å². The van der Waals surface area contributed by atoms with Gasteiger partial charge in [-0.25, -0.2) is 8.42 Å². The fourth-order valence-corrected chi connectivity index (χ4v) is 5.65. The Bertz CT molecular complexity index is 1420. The number of nitrogens with one attached hydrogen (secondary N) is 1. The van der Waals surface area contributed by atoms with Crippen molar-refractivity contribution < 1.29 is 18.0 Å². The molecule has 11 heteroatoms. The second-order valence-electron chi connectivity index (χ2n) is 8.78. The van der Waals surface area contributed by atoms with Gasteiger partial charge in [0.25, 0.3) is 0 Å². The molecule has 2 amide bonds. The zero-order valence-electron chi connectivity index (χ0n) is 21.1. The van der Waals surface area contributed by atoms with Crippen LogP contribution in [0.3, 0.4) is 0 Å². The molecule has 0 aliphatic heterocycles. The van der Waals surface area contributed by atoms with Gasteiger partial charge in [0.05, 0.1) is 11.9 Å². The fourth-order valence-electron chi connectivity index (χ4n) is 4.05. The van der Waals surface area contributed by atoms with Crippen LogP contribution in [-0.2, 0) is 32.6 Å². The molecular formula is C27H28Cl3N3O4S. The van der Waals surface area contributed by atoms with Crippen LogP contribution in [-0.4, -0.2) is 51.0 Å². The third-order valence-corrected chi connectivity index (χ3v) is 7.93. The maximum atomic E-state index is 13.9. The topological polar surface area (TPSA) is 86.8 Å². The van der Waals surface area contributed by atoms with Crippen LogP contribution < -0.4 is 9.62 Å². The molecule has 0 spiro atoms. The van der Waals surface area contributed by atoms with E-state index in [0.29, 0.717) is 31.9 Å². The zero-order chi connectivity index (χ0) is 28.0. The van der Waals surface area contributed by atoms with Crippen LogP contribution >= 0.6 is 34.8 Å². The molecule has 0 heterocycles. The minimum atomic E-state index is -3.88. The number of carbonyl (C=O) groups is 2. The molecule has 0 saturated carbocycles. The molecule has 3 aromatic carbocycles. The highest BCUT2D eigenvalue weighted by Gasteiger charge is 2.33. The minimum absolute atomic E-state index is 0.0447. The Hall–Kier alpha value is -2.78. The van der Waals surface area contributed by atoms with Gasteiger partial charge in [0, 0.05) is 35.1 Å². The summed E-state index contributed by atoms with van der Waals surface area (Å²) in [6.07, 6.45) is 1.23. The Morgan fingerprint density at radius 3 is 2.16 bits per heavy atom. The zero-order valence-corrected chi connectivity index (χ0v) is 24.2. The fraction of sp³-hybridized carbons (Fsp3) is 0.259. The standard InChI is InChI=1S/C27H28Cl3N3O4S/c1-18-13-21(28)11-12-24(18)33(38(3,36)37)17-26(34)32(16-20-9-10-22(29)15-23(20)30)25(27(35)31-2)14-19-7-5-4-6-8-19/h4-13,15,25H,14,16-17H2,1-3H3,(H,31,35)/t25-/m0/s1. The number of benzene rings is 3. The van der Waals surface area contributed by atoms with Crippen LogP contribution in [0.1, 0.15) is 16.7 Å². The number of rotatable bonds is 10. The number of amides is 2. The van der Waals surface area contributed by atoms with E-state index in [1.165, 1.54) is 11.9 Å². The molecule has 202 valence electrons. The molecule has 1 atom stereocenters. The van der Waals surface area contributed by atoms with E-state index in [2.05, 4.69) is 5.32 Å². The van der Waals surface area contributed by atoms with Gasteiger partial charge in [-0.3, -0.25) is 13.9 Å². The Morgan fingerprint density at radius 1 is 0.947 bits per heavy atom. The summed E-state index contributed by atoms with van der Waals surface area (Å²) in [6.45, 7) is 1.13. The monoisotopic (exact) mass is 595 g/mol. The van der Waals surface area contributed by atoms with Gasteiger partial charge < -0.3 is 10.2 Å².